The minimum atomic E-state index is -0.352. The Bertz CT molecular complexity index is 528. The van der Waals surface area contributed by atoms with Gasteiger partial charge in [0.1, 0.15) is 0 Å². The molecule has 2 rings (SSSR count). The number of hydrogen-bond donors (Lipinski definition) is 2. The minimum Gasteiger partial charge on any atom is -0.392 e. The van der Waals surface area contributed by atoms with Crippen LogP contribution in [0.25, 0.3) is 5.69 Å². The van der Waals surface area contributed by atoms with Crippen molar-refractivity contribution in [1.82, 2.24) is 20.3 Å². The van der Waals surface area contributed by atoms with E-state index < -0.39 is 0 Å². The van der Waals surface area contributed by atoms with Crippen LogP contribution in [0.1, 0.15) is 23.7 Å². The van der Waals surface area contributed by atoms with Crippen LogP contribution in [-0.2, 0) is 6.54 Å². The molecule has 102 valence electrons. The fourth-order valence-electron chi connectivity index (χ4n) is 1.98. The SMILES string of the molecule is Cc1cc(C)cc(-n2ncc(CNC[C@H](C)O)n2)c1. The van der Waals surface area contributed by atoms with Crippen LogP contribution in [0.3, 0.4) is 0 Å². The number of hydrogen-bond acceptors (Lipinski definition) is 4. The van der Waals surface area contributed by atoms with Crippen molar-refractivity contribution in [3.8, 4) is 5.69 Å². The molecule has 1 aromatic heterocycles. The van der Waals surface area contributed by atoms with Gasteiger partial charge in [-0.1, -0.05) is 6.07 Å². The molecule has 0 radical (unpaired) electrons. The highest BCUT2D eigenvalue weighted by atomic mass is 16.3. The van der Waals surface area contributed by atoms with Gasteiger partial charge in [-0.05, 0) is 44.0 Å². The summed E-state index contributed by atoms with van der Waals surface area (Å²) < 4.78 is 0. The van der Waals surface area contributed by atoms with Gasteiger partial charge in [-0.15, -0.1) is 0 Å². The molecule has 0 saturated carbocycles. The number of aliphatic hydroxyl groups excluding tert-OH is 1. The van der Waals surface area contributed by atoms with Crippen LogP contribution < -0.4 is 5.32 Å². The van der Waals surface area contributed by atoms with Gasteiger partial charge >= 0.3 is 0 Å². The van der Waals surface area contributed by atoms with Gasteiger partial charge in [0.2, 0.25) is 0 Å². The standard InChI is InChI=1S/C14H20N4O/c1-10-4-11(2)6-14(5-10)18-16-9-13(17-18)8-15-7-12(3)19/h4-6,9,12,15,19H,7-8H2,1-3H3/t12-/m0/s1. The molecular weight excluding hydrogens is 240 g/mol. The molecular formula is C14H20N4O. The molecule has 19 heavy (non-hydrogen) atoms. The summed E-state index contributed by atoms with van der Waals surface area (Å²) in [6.07, 6.45) is 1.39. The molecule has 2 aromatic rings. The summed E-state index contributed by atoms with van der Waals surface area (Å²) in [5.41, 5.74) is 4.22. The first-order chi connectivity index (χ1) is 9.04. The normalized spacial score (nSPS) is 12.6. The molecule has 0 fully saturated rings. The highest BCUT2D eigenvalue weighted by molar-refractivity contribution is 5.37. The third-order valence-corrected chi connectivity index (χ3v) is 2.72. The molecule has 0 unspecified atom stereocenters. The highest BCUT2D eigenvalue weighted by Gasteiger charge is 2.04. The number of aliphatic hydroxyl groups is 1. The monoisotopic (exact) mass is 260 g/mol. The molecule has 0 spiro atoms. The number of aryl methyl sites for hydroxylation is 2. The Morgan fingerprint density at radius 2 is 1.95 bits per heavy atom. The molecule has 1 heterocycles. The van der Waals surface area contributed by atoms with Crippen molar-refractivity contribution >= 4 is 0 Å². The van der Waals surface area contributed by atoms with E-state index in [0.717, 1.165) is 11.4 Å². The number of nitrogens with zero attached hydrogens (tertiary/aromatic N) is 3. The Balaban J connectivity index is 2.07. The van der Waals surface area contributed by atoms with Crippen molar-refractivity contribution in [1.29, 1.82) is 0 Å². The van der Waals surface area contributed by atoms with Crippen LogP contribution in [0.2, 0.25) is 0 Å². The molecule has 0 aliphatic rings. The first kappa shape index (κ1) is 13.7. The molecule has 1 atom stereocenters. The smallest absolute Gasteiger partial charge is 0.0969 e. The molecule has 0 amide bonds. The molecule has 0 aliphatic heterocycles. The maximum absolute atomic E-state index is 9.17. The maximum Gasteiger partial charge on any atom is 0.0969 e. The second-order valence-electron chi connectivity index (χ2n) is 4.95. The van der Waals surface area contributed by atoms with E-state index in [-0.39, 0.29) is 6.10 Å². The van der Waals surface area contributed by atoms with Gasteiger partial charge in [0, 0.05) is 13.1 Å². The summed E-state index contributed by atoms with van der Waals surface area (Å²) in [7, 11) is 0. The zero-order valence-corrected chi connectivity index (χ0v) is 11.6. The predicted octanol–water partition coefficient (Wildman–Crippen LogP) is 1.35. The van der Waals surface area contributed by atoms with E-state index in [1.54, 1.807) is 17.9 Å². The van der Waals surface area contributed by atoms with Crippen molar-refractivity contribution in [3.63, 3.8) is 0 Å². The summed E-state index contributed by atoms with van der Waals surface area (Å²) in [6.45, 7) is 7.03. The average Bonchev–Trinajstić information content (AvgIpc) is 2.76. The van der Waals surface area contributed by atoms with Gasteiger partial charge in [-0.3, -0.25) is 0 Å². The summed E-state index contributed by atoms with van der Waals surface area (Å²) >= 11 is 0. The second-order valence-corrected chi connectivity index (χ2v) is 4.95. The lowest BCUT2D eigenvalue weighted by atomic mass is 10.1. The van der Waals surface area contributed by atoms with Crippen molar-refractivity contribution in [3.05, 3.63) is 41.2 Å². The molecule has 1 aromatic carbocycles. The zero-order chi connectivity index (χ0) is 13.8. The Hall–Kier alpha value is -1.72. The minimum absolute atomic E-state index is 0.352. The van der Waals surface area contributed by atoms with E-state index in [9.17, 15) is 5.11 Å². The van der Waals surface area contributed by atoms with E-state index in [1.807, 2.05) is 0 Å². The van der Waals surface area contributed by atoms with Crippen molar-refractivity contribution in [2.24, 2.45) is 0 Å². The van der Waals surface area contributed by atoms with E-state index in [4.69, 9.17) is 0 Å². The van der Waals surface area contributed by atoms with Crippen LogP contribution in [-0.4, -0.2) is 32.7 Å². The molecule has 0 bridgehead atoms. The number of aromatic nitrogens is 3. The number of nitrogens with one attached hydrogen (secondary N) is 1. The predicted molar refractivity (Wildman–Crippen MR) is 74.2 cm³/mol. The Kier molecular flexibility index (Phi) is 4.29. The fourth-order valence-corrected chi connectivity index (χ4v) is 1.98. The summed E-state index contributed by atoms with van der Waals surface area (Å²) in [5.74, 6) is 0. The number of rotatable bonds is 5. The van der Waals surface area contributed by atoms with Crippen LogP contribution in [0.4, 0.5) is 0 Å². The van der Waals surface area contributed by atoms with Crippen LogP contribution in [0.5, 0.6) is 0 Å². The lowest BCUT2D eigenvalue weighted by Gasteiger charge is -2.05. The van der Waals surface area contributed by atoms with Crippen molar-refractivity contribution < 1.29 is 5.11 Å². The Labute approximate surface area is 113 Å². The van der Waals surface area contributed by atoms with Gasteiger partial charge in [-0.25, -0.2) is 0 Å². The zero-order valence-electron chi connectivity index (χ0n) is 11.6. The molecule has 5 heteroatoms. The first-order valence-electron chi connectivity index (χ1n) is 6.43. The first-order valence-corrected chi connectivity index (χ1v) is 6.43. The lowest BCUT2D eigenvalue weighted by Crippen LogP contribution is -2.24. The molecule has 5 nitrogen and oxygen atoms in total. The average molecular weight is 260 g/mol. The maximum atomic E-state index is 9.17. The summed E-state index contributed by atoms with van der Waals surface area (Å²) in [5, 5.41) is 21.0. The summed E-state index contributed by atoms with van der Waals surface area (Å²) in [6, 6.07) is 6.23. The van der Waals surface area contributed by atoms with E-state index in [2.05, 4.69) is 47.6 Å². The van der Waals surface area contributed by atoms with Gasteiger partial charge in [-0.2, -0.15) is 15.0 Å². The van der Waals surface area contributed by atoms with Gasteiger partial charge < -0.3 is 10.4 Å². The largest absolute Gasteiger partial charge is 0.392 e. The van der Waals surface area contributed by atoms with Crippen LogP contribution in [0.15, 0.2) is 24.4 Å². The van der Waals surface area contributed by atoms with E-state index >= 15 is 0 Å². The van der Waals surface area contributed by atoms with E-state index in [1.165, 1.54) is 11.1 Å². The third-order valence-electron chi connectivity index (χ3n) is 2.72. The summed E-state index contributed by atoms with van der Waals surface area (Å²) in [4.78, 5) is 1.64. The third kappa shape index (κ3) is 3.87. The number of benzene rings is 1. The second kappa shape index (κ2) is 5.95. The quantitative estimate of drug-likeness (QED) is 0.852. The molecule has 2 N–H and O–H groups in total. The van der Waals surface area contributed by atoms with Gasteiger partial charge in [0.05, 0.1) is 23.7 Å². The fraction of sp³-hybridized carbons (Fsp3) is 0.429. The van der Waals surface area contributed by atoms with Crippen molar-refractivity contribution in [2.45, 2.75) is 33.4 Å². The Morgan fingerprint density at radius 3 is 2.58 bits per heavy atom. The molecule has 0 saturated heterocycles. The van der Waals surface area contributed by atoms with Gasteiger partial charge in [0.15, 0.2) is 0 Å². The lowest BCUT2D eigenvalue weighted by molar-refractivity contribution is 0.191. The van der Waals surface area contributed by atoms with Crippen molar-refractivity contribution in [2.75, 3.05) is 6.54 Å². The topological polar surface area (TPSA) is 63.0 Å². The Morgan fingerprint density at radius 1 is 1.26 bits per heavy atom. The van der Waals surface area contributed by atoms with E-state index in [0.29, 0.717) is 13.1 Å². The van der Waals surface area contributed by atoms with Crippen LogP contribution >= 0.6 is 0 Å². The molecule has 0 aliphatic carbocycles. The van der Waals surface area contributed by atoms with Crippen LogP contribution in [0, 0.1) is 13.8 Å². The van der Waals surface area contributed by atoms with Gasteiger partial charge in [0.25, 0.3) is 0 Å². The highest BCUT2D eigenvalue weighted by Crippen LogP contribution is 2.11.